The number of ketones is 1. The Balaban J connectivity index is 1.64. The second kappa shape index (κ2) is 9.39. The molecule has 8 nitrogen and oxygen atoms in total. The van der Waals surface area contributed by atoms with Crippen molar-refractivity contribution >= 4 is 34.3 Å². The van der Waals surface area contributed by atoms with Crippen molar-refractivity contribution in [3.63, 3.8) is 0 Å². The number of aromatic nitrogens is 1. The molecule has 5 rings (SSSR count). The lowest BCUT2D eigenvalue weighted by Gasteiger charge is -2.27. The van der Waals surface area contributed by atoms with Crippen LogP contribution in [0.15, 0.2) is 82.7 Å². The molecule has 0 saturated heterocycles. The summed E-state index contributed by atoms with van der Waals surface area (Å²) in [5.74, 6) is -1.22. The van der Waals surface area contributed by atoms with Crippen molar-refractivity contribution in [2.45, 2.75) is 12.6 Å². The first-order chi connectivity index (χ1) is 17.4. The molecule has 1 unspecified atom stereocenters. The molecule has 0 saturated carbocycles. The van der Waals surface area contributed by atoms with Gasteiger partial charge in [0.15, 0.2) is 22.9 Å². The van der Waals surface area contributed by atoms with Crippen LogP contribution in [-0.4, -0.2) is 40.9 Å². The lowest BCUT2D eigenvalue weighted by atomic mass is 9.94. The van der Waals surface area contributed by atoms with E-state index in [0.717, 1.165) is 5.56 Å². The molecule has 0 fully saturated rings. The van der Waals surface area contributed by atoms with Gasteiger partial charge in [0.25, 0.3) is 5.91 Å². The van der Waals surface area contributed by atoms with E-state index in [1.807, 2.05) is 6.07 Å². The molecule has 2 aromatic heterocycles. The minimum absolute atomic E-state index is 0.0666. The largest absolute Gasteiger partial charge is 0.503 e. The van der Waals surface area contributed by atoms with E-state index in [0.29, 0.717) is 33.1 Å². The fourth-order valence-corrected chi connectivity index (χ4v) is 4.65. The number of ether oxygens (including phenoxy) is 2. The highest BCUT2D eigenvalue weighted by Crippen LogP contribution is 2.44. The molecule has 1 N–H and O–H groups in total. The Morgan fingerprint density at radius 3 is 2.61 bits per heavy atom. The van der Waals surface area contributed by atoms with Gasteiger partial charge in [-0.1, -0.05) is 35.9 Å². The summed E-state index contributed by atoms with van der Waals surface area (Å²) >= 11 is 6.17. The van der Waals surface area contributed by atoms with Crippen molar-refractivity contribution < 1.29 is 28.6 Å². The standard InChI is InChI=1S/C27H21ClN2O6/c1-34-19-8-4-3-7-18(19)23-22(25(32)27(33)30(23)14-15-6-5-9-29-13-15)24(31)20-11-16-10-17(28)12-21(35-2)26(16)36-20/h3-13,23,32H,14H2,1-2H3. The Kier molecular flexibility index (Phi) is 6.12. The van der Waals surface area contributed by atoms with Crippen molar-refractivity contribution in [3.8, 4) is 11.5 Å². The maximum atomic E-state index is 13.8. The molecule has 0 bridgehead atoms. The third-order valence-electron chi connectivity index (χ3n) is 6.05. The number of methoxy groups -OCH3 is 2. The summed E-state index contributed by atoms with van der Waals surface area (Å²) in [6.45, 7) is 0.111. The first-order valence-corrected chi connectivity index (χ1v) is 11.4. The lowest BCUT2D eigenvalue weighted by Crippen LogP contribution is -2.31. The van der Waals surface area contributed by atoms with Crippen LogP contribution in [0.4, 0.5) is 0 Å². The summed E-state index contributed by atoms with van der Waals surface area (Å²) < 4.78 is 16.7. The van der Waals surface area contributed by atoms with Crippen molar-refractivity contribution in [2.75, 3.05) is 14.2 Å². The van der Waals surface area contributed by atoms with Gasteiger partial charge in [-0.3, -0.25) is 14.6 Å². The van der Waals surface area contributed by atoms with Gasteiger partial charge in [0.1, 0.15) is 5.75 Å². The second-order valence-corrected chi connectivity index (χ2v) is 8.60. The molecule has 0 spiro atoms. The number of carbonyl (C=O) groups is 2. The van der Waals surface area contributed by atoms with Crippen LogP contribution in [0.5, 0.6) is 11.5 Å². The fourth-order valence-electron chi connectivity index (χ4n) is 4.43. The monoisotopic (exact) mass is 504 g/mol. The molecule has 0 radical (unpaired) electrons. The molecule has 1 aliphatic heterocycles. The number of benzene rings is 2. The summed E-state index contributed by atoms with van der Waals surface area (Å²) in [4.78, 5) is 32.6. The van der Waals surface area contributed by atoms with Gasteiger partial charge in [-0.05, 0) is 29.8 Å². The van der Waals surface area contributed by atoms with Crippen LogP contribution in [0, 0.1) is 0 Å². The molecule has 3 heterocycles. The number of aliphatic hydroxyl groups excluding tert-OH is 1. The number of Topliss-reactive ketones (excluding diaryl/α,β-unsaturated/α-hetero) is 1. The number of fused-ring (bicyclic) bond motifs is 1. The zero-order valence-electron chi connectivity index (χ0n) is 19.4. The Morgan fingerprint density at radius 1 is 1.11 bits per heavy atom. The van der Waals surface area contributed by atoms with Crippen molar-refractivity contribution in [1.82, 2.24) is 9.88 Å². The van der Waals surface area contributed by atoms with Gasteiger partial charge in [0.05, 0.1) is 25.8 Å². The van der Waals surface area contributed by atoms with E-state index in [1.165, 1.54) is 25.2 Å². The molecule has 36 heavy (non-hydrogen) atoms. The number of hydrogen-bond donors (Lipinski definition) is 1. The van der Waals surface area contributed by atoms with E-state index >= 15 is 0 Å². The Morgan fingerprint density at radius 2 is 1.89 bits per heavy atom. The normalized spacial score (nSPS) is 15.6. The highest BCUT2D eigenvalue weighted by Gasteiger charge is 2.45. The fraction of sp³-hybridized carbons (Fsp3) is 0.148. The van der Waals surface area contributed by atoms with Crippen molar-refractivity contribution in [2.24, 2.45) is 0 Å². The maximum Gasteiger partial charge on any atom is 0.290 e. The predicted octanol–water partition coefficient (Wildman–Crippen LogP) is 5.28. The van der Waals surface area contributed by atoms with Crippen molar-refractivity contribution in [1.29, 1.82) is 0 Å². The zero-order valence-corrected chi connectivity index (χ0v) is 20.2. The highest BCUT2D eigenvalue weighted by atomic mass is 35.5. The second-order valence-electron chi connectivity index (χ2n) is 8.17. The number of halogens is 1. The summed E-state index contributed by atoms with van der Waals surface area (Å²) in [5, 5.41) is 11.9. The quantitative estimate of drug-likeness (QED) is 0.342. The van der Waals surface area contributed by atoms with Gasteiger partial charge in [-0.2, -0.15) is 0 Å². The number of aliphatic hydroxyl groups is 1. The first kappa shape index (κ1) is 23.4. The average molecular weight is 505 g/mol. The highest BCUT2D eigenvalue weighted by molar-refractivity contribution is 6.31. The number of hydrogen-bond acceptors (Lipinski definition) is 7. The molecule has 1 atom stereocenters. The molecule has 4 aromatic rings. The van der Waals surface area contributed by atoms with Crippen LogP contribution >= 0.6 is 11.6 Å². The SMILES string of the molecule is COc1ccccc1C1C(C(=O)c2cc3cc(Cl)cc(OC)c3o2)=C(O)C(=O)N1Cc1cccnc1. The summed E-state index contributed by atoms with van der Waals surface area (Å²) in [6.07, 6.45) is 3.25. The third-order valence-corrected chi connectivity index (χ3v) is 6.27. The van der Waals surface area contributed by atoms with Gasteiger partial charge in [-0.25, -0.2) is 0 Å². The van der Waals surface area contributed by atoms with E-state index in [9.17, 15) is 14.7 Å². The Labute approximate surface area is 211 Å². The van der Waals surface area contributed by atoms with Gasteiger partial charge in [0.2, 0.25) is 5.78 Å². The molecule has 0 aliphatic carbocycles. The lowest BCUT2D eigenvalue weighted by molar-refractivity contribution is -0.130. The number of rotatable bonds is 7. The molecule has 2 aromatic carbocycles. The molecule has 182 valence electrons. The molecule has 1 amide bonds. The van der Waals surface area contributed by atoms with Crippen LogP contribution in [0.3, 0.4) is 0 Å². The molecule has 9 heteroatoms. The van der Waals surface area contributed by atoms with E-state index in [2.05, 4.69) is 4.98 Å². The van der Waals surface area contributed by atoms with Gasteiger partial charge >= 0.3 is 0 Å². The van der Waals surface area contributed by atoms with E-state index in [1.54, 1.807) is 54.9 Å². The number of amides is 1. The van der Waals surface area contributed by atoms with Crippen molar-refractivity contribution in [3.05, 3.63) is 100 Å². The molecular formula is C27H21ClN2O6. The number of carbonyl (C=O) groups excluding carboxylic acids is 2. The third kappa shape index (κ3) is 3.95. The van der Waals surface area contributed by atoms with Crippen LogP contribution in [0.25, 0.3) is 11.0 Å². The number of furan rings is 1. The summed E-state index contributed by atoms with van der Waals surface area (Å²) in [5.41, 5.74) is 1.49. The summed E-state index contributed by atoms with van der Waals surface area (Å²) in [7, 11) is 2.97. The van der Waals surface area contributed by atoms with Crippen LogP contribution in [0.2, 0.25) is 5.02 Å². The summed E-state index contributed by atoms with van der Waals surface area (Å²) in [6, 6.07) is 14.4. The predicted molar refractivity (Wildman–Crippen MR) is 132 cm³/mol. The smallest absolute Gasteiger partial charge is 0.290 e. The topological polar surface area (TPSA) is 102 Å². The minimum atomic E-state index is -0.931. The van der Waals surface area contributed by atoms with Crippen LogP contribution in [-0.2, 0) is 11.3 Å². The van der Waals surface area contributed by atoms with Gasteiger partial charge in [-0.15, -0.1) is 0 Å². The van der Waals surface area contributed by atoms with E-state index in [-0.39, 0.29) is 17.9 Å². The van der Waals surface area contributed by atoms with Gasteiger partial charge < -0.3 is 23.9 Å². The Bertz CT molecular complexity index is 1510. The zero-order chi connectivity index (χ0) is 25.4. The number of pyridine rings is 1. The Hall–Kier alpha value is -4.30. The van der Waals surface area contributed by atoms with Crippen LogP contribution in [0.1, 0.15) is 27.7 Å². The van der Waals surface area contributed by atoms with Gasteiger partial charge in [0, 0.05) is 41.0 Å². The first-order valence-electron chi connectivity index (χ1n) is 11.0. The van der Waals surface area contributed by atoms with E-state index < -0.39 is 23.5 Å². The molecule has 1 aliphatic rings. The minimum Gasteiger partial charge on any atom is -0.503 e. The molecular weight excluding hydrogens is 484 g/mol. The number of para-hydroxylation sites is 1. The van der Waals surface area contributed by atoms with Crippen LogP contribution < -0.4 is 9.47 Å². The average Bonchev–Trinajstić information content (AvgIpc) is 3.43. The van der Waals surface area contributed by atoms with E-state index in [4.69, 9.17) is 25.5 Å². The number of nitrogens with zero attached hydrogens (tertiary/aromatic N) is 2. The maximum absolute atomic E-state index is 13.8.